The summed E-state index contributed by atoms with van der Waals surface area (Å²) in [6.45, 7) is 6.67. The van der Waals surface area contributed by atoms with Gasteiger partial charge < -0.3 is 28.5 Å². The first-order chi connectivity index (χ1) is 39.9. The second-order valence-electron chi connectivity index (χ2n) is 23.2. The molecule has 0 heterocycles. The van der Waals surface area contributed by atoms with Crippen LogP contribution in [0.3, 0.4) is 0 Å². The lowest BCUT2D eigenvalue weighted by molar-refractivity contribution is -0.870. The summed E-state index contributed by atoms with van der Waals surface area (Å²) in [5.74, 6) is -0.581. The molecule has 0 radical (unpaired) electrons. The zero-order valence-electron chi connectivity index (χ0n) is 53.7. The molecule has 1 N–H and O–H groups in total. The van der Waals surface area contributed by atoms with Crippen LogP contribution >= 0.6 is 7.82 Å². The Kier molecular flexibility index (Phi) is 57.9. The summed E-state index contributed by atoms with van der Waals surface area (Å²) < 4.78 is 30.3. The zero-order valence-corrected chi connectivity index (χ0v) is 54.5. The minimum Gasteiger partial charge on any atom is -0.756 e. The maximum atomic E-state index is 13.5. The third-order valence-electron chi connectivity index (χ3n) is 14.1. The Labute approximate surface area is 505 Å². The molecule has 470 valence electrons. The van der Waals surface area contributed by atoms with Crippen LogP contribution in [0.4, 0.5) is 0 Å². The monoisotopic (exact) mass is 1160 g/mol. The fraction of sp³-hybridized carbons (Fsp3) is 0.694. The predicted octanol–water partition coefficient (Wildman–Crippen LogP) is 20.4. The van der Waals surface area contributed by atoms with Crippen LogP contribution in [0.1, 0.15) is 271 Å². The number of hydrogen-bond donors (Lipinski definition) is 1. The van der Waals surface area contributed by atoms with Gasteiger partial charge in [-0.15, -0.1) is 0 Å². The maximum Gasteiger partial charge on any atom is 0.306 e. The number of quaternary nitrogens is 1. The third kappa shape index (κ3) is 61.0. The molecule has 0 fully saturated rings. The molecule has 3 atom stereocenters. The van der Waals surface area contributed by atoms with Gasteiger partial charge in [0, 0.05) is 12.8 Å². The van der Waals surface area contributed by atoms with Gasteiger partial charge >= 0.3 is 5.97 Å². The van der Waals surface area contributed by atoms with Crippen molar-refractivity contribution < 1.29 is 37.3 Å². The Hall–Kier alpha value is -3.59. The SMILES string of the molecule is CC/C=C\C/C=C\C/C=C\C/C=C\C/C=C\C/C=C\CCCCCCCCCCC(=O)OC(/C=C\CCCCCCCCCCCC)C(COP(=O)([O-])OCC[N+](C)(C)C)NC(=O)CCCCCC/C=C\C/C=C\C/C=C\CCCCC. The molecule has 0 aromatic rings. The number of nitrogens with zero attached hydrogens (tertiary/aromatic N) is 1. The molecule has 82 heavy (non-hydrogen) atoms. The Balaban J connectivity index is 5.18. The average Bonchev–Trinajstić information content (AvgIpc) is 3.44. The van der Waals surface area contributed by atoms with Gasteiger partial charge in [0.15, 0.2) is 0 Å². The Morgan fingerprint density at radius 3 is 1.20 bits per heavy atom. The van der Waals surface area contributed by atoms with Gasteiger partial charge in [0.05, 0.1) is 33.8 Å². The van der Waals surface area contributed by atoms with Crippen molar-refractivity contribution >= 4 is 19.7 Å². The lowest BCUT2D eigenvalue weighted by atomic mass is 10.0. The van der Waals surface area contributed by atoms with Crippen LogP contribution in [0.25, 0.3) is 0 Å². The van der Waals surface area contributed by atoms with Crippen molar-refractivity contribution in [2.45, 2.75) is 283 Å². The number of ether oxygens (including phenoxy) is 1. The highest BCUT2D eigenvalue weighted by Crippen LogP contribution is 2.38. The van der Waals surface area contributed by atoms with Crippen LogP contribution in [0.5, 0.6) is 0 Å². The largest absolute Gasteiger partial charge is 0.756 e. The van der Waals surface area contributed by atoms with Gasteiger partial charge in [0.25, 0.3) is 7.82 Å². The number of hydrogen-bond acceptors (Lipinski definition) is 7. The molecule has 0 aromatic carbocycles. The standard InChI is InChI=1S/C72H125N2O7P/c1-7-10-13-16-19-22-25-28-30-32-33-34-35-36-37-38-39-40-41-43-45-47-50-53-56-59-62-65-72(76)81-70(63-60-57-54-51-48-27-24-21-18-15-12-9-3)69(68-80-82(77,78)79-67-66-74(4,5)6)73-71(75)64-61-58-55-52-49-46-44-42-31-29-26-23-20-17-14-11-8-2/h10,13,19-20,22-23,28-31,33-34,36-37,39-40,44,46,60,63,69-70H,7-9,11-12,14-18,21,24-27,32,35,38,41-43,45,47-59,61-62,64-68H2,1-6H3,(H-,73,75,77,78)/b13-10-,22-19-,23-20-,30-28-,31-29-,34-33-,37-36-,40-39-,46-44-,63-60-. The van der Waals surface area contributed by atoms with Crippen LogP contribution in [0.15, 0.2) is 122 Å². The van der Waals surface area contributed by atoms with Crippen molar-refractivity contribution in [1.82, 2.24) is 5.32 Å². The van der Waals surface area contributed by atoms with Crippen molar-refractivity contribution in [3.8, 4) is 0 Å². The van der Waals surface area contributed by atoms with E-state index in [1.54, 1.807) is 0 Å². The van der Waals surface area contributed by atoms with Crippen LogP contribution in [-0.4, -0.2) is 69.4 Å². The fourth-order valence-electron chi connectivity index (χ4n) is 9.00. The highest BCUT2D eigenvalue weighted by molar-refractivity contribution is 7.45. The average molecular weight is 1160 g/mol. The number of carbonyl (C=O) groups excluding carboxylic acids is 2. The van der Waals surface area contributed by atoms with Gasteiger partial charge in [0.1, 0.15) is 19.3 Å². The maximum absolute atomic E-state index is 13.5. The topological polar surface area (TPSA) is 114 Å². The van der Waals surface area contributed by atoms with Crippen LogP contribution in [0.2, 0.25) is 0 Å². The van der Waals surface area contributed by atoms with Gasteiger partial charge in [-0.05, 0) is 122 Å². The van der Waals surface area contributed by atoms with E-state index >= 15 is 0 Å². The number of likely N-dealkylation sites (N-methyl/N-ethyl adjacent to an activating group) is 1. The molecule has 0 saturated heterocycles. The van der Waals surface area contributed by atoms with E-state index in [-0.39, 0.29) is 31.3 Å². The van der Waals surface area contributed by atoms with E-state index in [1.807, 2.05) is 33.3 Å². The molecule has 3 unspecified atom stereocenters. The first-order valence-electron chi connectivity index (χ1n) is 33.3. The molecule has 0 bridgehead atoms. The number of rotatable bonds is 59. The number of carbonyl (C=O) groups is 2. The normalized spacial score (nSPS) is 14.4. The van der Waals surface area contributed by atoms with Crippen LogP contribution in [0, 0.1) is 0 Å². The number of esters is 1. The van der Waals surface area contributed by atoms with E-state index in [0.717, 1.165) is 122 Å². The van der Waals surface area contributed by atoms with Gasteiger partial charge in [-0.1, -0.05) is 258 Å². The summed E-state index contributed by atoms with van der Waals surface area (Å²) in [4.78, 5) is 40.1. The summed E-state index contributed by atoms with van der Waals surface area (Å²) in [7, 11) is 1.15. The van der Waals surface area contributed by atoms with E-state index in [9.17, 15) is 19.0 Å². The molecule has 1 amide bonds. The van der Waals surface area contributed by atoms with E-state index in [2.05, 4.69) is 135 Å². The fourth-order valence-corrected chi connectivity index (χ4v) is 9.73. The quantitative estimate of drug-likeness (QED) is 0.0212. The Morgan fingerprint density at radius 1 is 0.439 bits per heavy atom. The van der Waals surface area contributed by atoms with E-state index < -0.39 is 26.6 Å². The second kappa shape index (κ2) is 60.5. The Morgan fingerprint density at radius 2 is 0.780 bits per heavy atom. The molecular weight excluding hydrogens is 1040 g/mol. The number of allylic oxidation sites excluding steroid dienone is 19. The van der Waals surface area contributed by atoms with Crippen LogP contribution < -0.4 is 10.2 Å². The first kappa shape index (κ1) is 78.4. The van der Waals surface area contributed by atoms with Gasteiger partial charge in [-0.25, -0.2) is 0 Å². The minimum atomic E-state index is -4.72. The molecule has 0 aliphatic heterocycles. The first-order valence-corrected chi connectivity index (χ1v) is 34.8. The highest BCUT2D eigenvalue weighted by Gasteiger charge is 2.27. The number of phosphoric acid groups is 1. The van der Waals surface area contributed by atoms with E-state index in [4.69, 9.17) is 13.8 Å². The van der Waals surface area contributed by atoms with E-state index in [0.29, 0.717) is 23.9 Å². The summed E-state index contributed by atoms with van der Waals surface area (Å²) in [6.07, 6.45) is 84.5. The van der Waals surface area contributed by atoms with Crippen molar-refractivity contribution in [3.05, 3.63) is 122 Å². The van der Waals surface area contributed by atoms with Crippen molar-refractivity contribution in [2.24, 2.45) is 0 Å². The molecule has 0 aromatic heterocycles. The molecule has 0 spiro atoms. The lowest BCUT2D eigenvalue weighted by Gasteiger charge is -2.30. The van der Waals surface area contributed by atoms with Gasteiger partial charge in [-0.2, -0.15) is 0 Å². The van der Waals surface area contributed by atoms with Crippen molar-refractivity contribution in [1.29, 1.82) is 0 Å². The predicted molar refractivity (Wildman–Crippen MR) is 353 cm³/mol. The zero-order chi connectivity index (χ0) is 60.0. The molecule has 0 saturated carbocycles. The van der Waals surface area contributed by atoms with Crippen molar-refractivity contribution in [3.63, 3.8) is 0 Å². The minimum absolute atomic E-state index is 0.0342. The molecule has 0 aliphatic carbocycles. The molecule has 10 heteroatoms. The summed E-state index contributed by atoms with van der Waals surface area (Å²) in [5.41, 5.74) is 0. The number of unbranched alkanes of at least 4 members (excludes halogenated alkanes) is 25. The summed E-state index contributed by atoms with van der Waals surface area (Å²) >= 11 is 0. The molecule has 0 aliphatic rings. The lowest BCUT2D eigenvalue weighted by Crippen LogP contribution is -2.47. The second-order valence-corrected chi connectivity index (χ2v) is 24.6. The smallest absolute Gasteiger partial charge is 0.306 e. The van der Waals surface area contributed by atoms with Gasteiger partial charge in [-0.3, -0.25) is 14.2 Å². The van der Waals surface area contributed by atoms with Gasteiger partial charge in [0.2, 0.25) is 5.91 Å². The summed E-state index contributed by atoms with van der Waals surface area (Å²) in [5, 5.41) is 3.02. The number of amides is 1. The van der Waals surface area contributed by atoms with E-state index in [1.165, 1.54) is 103 Å². The molecule has 9 nitrogen and oxygen atoms in total. The number of phosphoric ester groups is 1. The van der Waals surface area contributed by atoms with Crippen LogP contribution in [-0.2, 0) is 27.9 Å². The summed E-state index contributed by atoms with van der Waals surface area (Å²) in [6, 6.07) is -0.912. The molecular formula is C72H125N2O7P. The highest BCUT2D eigenvalue weighted by atomic mass is 31.2. The third-order valence-corrected chi connectivity index (χ3v) is 15.1. The number of nitrogens with one attached hydrogen (secondary N) is 1. The molecule has 0 rings (SSSR count). The van der Waals surface area contributed by atoms with Crippen molar-refractivity contribution in [2.75, 3.05) is 40.9 Å². The Bertz CT molecular complexity index is 1820.